The average Bonchev–Trinajstić information content (AvgIpc) is 2.99. The summed E-state index contributed by atoms with van der Waals surface area (Å²) in [7, 11) is 0. The number of nitrogens with one attached hydrogen (secondary N) is 2. The molecule has 0 unspecified atom stereocenters. The molecule has 41 heavy (non-hydrogen) atoms. The van der Waals surface area contributed by atoms with E-state index in [0.29, 0.717) is 23.2 Å². The van der Waals surface area contributed by atoms with E-state index >= 15 is 0 Å². The van der Waals surface area contributed by atoms with Crippen molar-refractivity contribution >= 4 is 23.2 Å². The van der Waals surface area contributed by atoms with Crippen molar-refractivity contribution in [3.05, 3.63) is 84.2 Å². The molecule has 4 aromatic rings. The number of aliphatic hydroxyl groups excluding tert-OH is 1. The van der Waals surface area contributed by atoms with Crippen LogP contribution in [0.4, 0.5) is 17.5 Å². The van der Waals surface area contributed by atoms with Crippen molar-refractivity contribution in [3.8, 4) is 23.1 Å². The number of hydrogen-bond acceptors (Lipinski definition) is 9. The number of benzene rings is 1. The normalized spacial score (nSPS) is 16.5. The summed E-state index contributed by atoms with van der Waals surface area (Å²) in [5.74, 6) is 7.41. The smallest absolute Gasteiger partial charge is 0.229 e. The third kappa shape index (κ3) is 7.71. The summed E-state index contributed by atoms with van der Waals surface area (Å²) < 4.78 is 0. The average molecular weight is 548 g/mol. The summed E-state index contributed by atoms with van der Waals surface area (Å²) in [6.45, 7) is 3.76. The van der Waals surface area contributed by atoms with Crippen LogP contribution in [0.2, 0.25) is 0 Å². The molecule has 0 amide bonds. The number of carbonyl (C=O) groups is 1. The van der Waals surface area contributed by atoms with Gasteiger partial charge in [-0.2, -0.15) is 4.98 Å². The molecule has 1 saturated carbocycles. The van der Waals surface area contributed by atoms with Gasteiger partial charge in [-0.1, -0.05) is 25.8 Å². The minimum absolute atomic E-state index is 0.0256. The van der Waals surface area contributed by atoms with E-state index in [1.807, 2.05) is 56.3 Å². The van der Waals surface area contributed by atoms with Crippen LogP contribution in [-0.4, -0.2) is 48.0 Å². The zero-order chi connectivity index (χ0) is 28.6. The van der Waals surface area contributed by atoms with Crippen LogP contribution in [0.15, 0.2) is 67.3 Å². The molecule has 9 nitrogen and oxygen atoms in total. The third-order valence-electron chi connectivity index (χ3n) is 6.95. The van der Waals surface area contributed by atoms with E-state index in [1.165, 1.54) is 0 Å². The summed E-state index contributed by atoms with van der Waals surface area (Å²) in [6.07, 6.45) is 10.1. The van der Waals surface area contributed by atoms with Gasteiger partial charge < -0.3 is 15.7 Å². The van der Waals surface area contributed by atoms with Gasteiger partial charge in [-0.05, 0) is 68.0 Å². The number of carbonyl (C=O) groups excluding carboxylic acids is 1. The molecular weight excluding hydrogens is 514 g/mol. The third-order valence-corrected chi connectivity index (χ3v) is 6.95. The van der Waals surface area contributed by atoms with Crippen LogP contribution in [0, 0.1) is 17.8 Å². The van der Waals surface area contributed by atoms with Gasteiger partial charge >= 0.3 is 0 Å². The van der Waals surface area contributed by atoms with Crippen molar-refractivity contribution in [2.75, 3.05) is 10.6 Å². The molecule has 3 aromatic heterocycles. The van der Waals surface area contributed by atoms with E-state index in [9.17, 15) is 9.90 Å². The van der Waals surface area contributed by atoms with Gasteiger partial charge in [0.05, 0.1) is 41.9 Å². The predicted octanol–water partition coefficient (Wildman–Crippen LogP) is 4.96. The zero-order valence-electron chi connectivity index (χ0n) is 23.2. The van der Waals surface area contributed by atoms with E-state index in [4.69, 9.17) is 4.98 Å². The van der Waals surface area contributed by atoms with Crippen LogP contribution >= 0.6 is 0 Å². The maximum atomic E-state index is 11.9. The molecule has 0 bridgehead atoms. The number of rotatable bonds is 8. The molecule has 1 aliphatic carbocycles. The number of aromatic nitrogens is 5. The summed E-state index contributed by atoms with van der Waals surface area (Å²) in [5, 5.41) is 16.7. The second-order valence-electron chi connectivity index (χ2n) is 10.5. The highest BCUT2D eigenvalue weighted by Gasteiger charge is 2.21. The molecular formula is C32H33N7O2. The first-order valence-electron chi connectivity index (χ1n) is 13.9. The van der Waals surface area contributed by atoms with Crippen LogP contribution in [0.5, 0.6) is 0 Å². The first-order chi connectivity index (χ1) is 19.9. The first kappa shape index (κ1) is 27.9. The maximum absolute atomic E-state index is 11.9. The van der Waals surface area contributed by atoms with Gasteiger partial charge in [-0.25, -0.2) is 9.97 Å². The zero-order valence-corrected chi connectivity index (χ0v) is 23.2. The predicted molar refractivity (Wildman–Crippen MR) is 158 cm³/mol. The van der Waals surface area contributed by atoms with Crippen LogP contribution < -0.4 is 10.6 Å². The highest BCUT2D eigenvalue weighted by Crippen LogP contribution is 2.29. The van der Waals surface area contributed by atoms with E-state index in [2.05, 4.69) is 42.4 Å². The molecule has 3 heterocycles. The van der Waals surface area contributed by atoms with Crippen LogP contribution in [-0.2, 0) is 11.2 Å². The van der Waals surface area contributed by atoms with Gasteiger partial charge in [0.2, 0.25) is 5.95 Å². The number of pyridine rings is 1. The van der Waals surface area contributed by atoms with Gasteiger partial charge in [0, 0.05) is 35.6 Å². The second kappa shape index (κ2) is 13.1. The van der Waals surface area contributed by atoms with Crippen molar-refractivity contribution in [2.45, 2.75) is 58.1 Å². The molecule has 9 heteroatoms. The Kier molecular flexibility index (Phi) is 8.92. The Bertz CT molecular complexity index is 1520. The standard InChI is InChI=1S/C32H33N7O2/c1-21(2)30(41)17-26-19-34-25(18-35-26)11-8-22-6-9-24(10-7-22)38-32-36-20-28(29-5-3-4-16-33-29)31(39-32)37-23-12-14-27(40)15-13-23/h3-7,9-10,16,18-21,23,27,40H,12-15,17H2,1-2H3,(H2,36,37,38,39). The van der Waals surface area contributed by atoms with Crippen molar-refractivity contribution in [1.82, 2.24) is 24.9 Å². The lowest BCUT2D eigenvalue weighted by atomic mass is 9.93. The molecule has 5 rings (SSSR count). The Labute approximate surface area is 239 Å². The SMILES string of the molecule is CC(C)C(=O)Cc1cnc(C#Cc2ccc(Nc3ncc(-c4ccccn4)c(NC4CCC(O)CC4)n3)cc2)cn1. The van der Waals surface area contributed by atoms with Crippen molar-refractivity contribution < 1.29 is 9.90 Å². The minimum Gasteiger partial charge on any atom is -0.393 e. The highest BCUT2D eigenvalue weighted by molar-refractivity contribution is 5.82. The number of aliphatic hydroxyl groups is 1. The number of anilines is 3. The fraction of sp³-hybridized carbons (Fsp3) is 0.312. The second-order valence-corrected chi connectivity index (χ2v) is 10.5. The largest absolute Gasteiger partial charge is 0.393 e. The van der Waals surface area contributed by atoms with Gasteiger partial charge in [0.1, 0.15) is 17.3 Å². The Balaban J connectivity index is 1.27. The summed E-state index contributed by atoms with van der Waals surface area (Å²) >= 11 is 0. The molecule has 1 aromatic carbocycles. The Morgan fingerprint density at radius 1 is 0.951 bits per heavy atom. The molecule has 1 aliphatic rings. The van der Waals surface area contributed by atoms with Crippen molar-refractivity contribution in [3.63, 3.8) is 0 Å². The molecule has 0 atom stereocenters. The van der Waals surface area contributed by atoms with E-state index in [-0.39, 0.29) is 30.3 Å². The van der Waals surface area contributed by atoms with Gasteiger partial charge in [-0.3, -0.25) is 14.8 Å². The molecule has 0 radical (unpaired) electrons. The van der Waals surface area contributed by atoms with Crippen molar-refractivity contribution in [1.29, 1.82) is 0 Å². The minimum atomic E-state index is -0.224. The van der Waals surface area contributed by atoms with Gasteiger partial charge in [-0.15, -0.1) is 0 Å². The molecule has 1 fully saturated rings. The van der Waals surface area contributed by atoms with Crippen LogP contribution in [0.3, 0.4) is 0 Å². The number of hydrogen-bond donors (Lipinski definition) is 3. The van der Waals surface area contributed by atoms with Crippen LogP contribution in [0.25, 0.3) is 11.3 Å². The Morgan fingerprint density at radius 3 is 2.44 bits per heavy atom. The molecule has 0 saturated heterocycles. The van der Waals surface area contributed by atoms with Gasteiger partial charge in [0.25, 0.3) is 0 Å². The van der Waals surface area contributed by atoms with E-state index < -0.39 is 0 Å². The summed E-state index contributed by atoms with van der Waals surface area (Å²) in [5.41, 5.74) is 4.47. The lowest BCUT2D eigenvalue weighted by Crippen LogP contribution is -2.29. The molecule has 3 N–H and O–H groups in total. The maximum Gasteiger partial charge on any atom is 0.229 e. The Hall–Kier alpha value is -4.68. The van der Waals surface area contributed by atoms with E-state index in [1.54, 1.807) is 24.8 Å². The lowest BCUT2D eigenvalue weighted by Gasteiger charge is -2.27. The molecule has 208 valence electrons. The van der Waals surface area contributed by atoms with Crippen LogP contribution in [0.1, 0.15) is 56.5 Å². The number of nitrogens with zero attached hydrogens (tertiary/aromatic N) is 5. The summed E-state index contributed by atoms with van der Waals surface area (Å²) in [4.78, 5) is 34.4. The highest BCUT2D eigenvalue weighted by atomic mass is 16.3. The fourth-order valence-corrected chi connectivity index (χ4v) is 4.47. The lowest BCUT2D eigenvalue weighted by molar-refractivity contribution is -0.121. The van der Waals surface area contributed by atoms with E-state index in [0.717, 1.165) is 48.2 Å². The van der Waals surface area contributed by atoms with Crippen molar-refractivity contribution in [2.24, 2.45) is 5.92 Å². The first-order valence-corrected chi connectivity index (χ1v) is 13.9. The monoisotopic (exact) mass is 547 g/mol. The number of Topliss-reactive ketones (excluding diaryl/α,β-unsaturated/α-hetero) is 1. The number of ketones is 1. The summed E-state index contributed by atoms with van der Waals surface area (Å²) in [6, 6.07) is 13.6. The Morgan fingerprint density at radius 2 is 1.76 bits per heavy atom. The molecule has 0 aliphatic heterocycles. The fourth-order valence-electron chi connectivity index (χ4n) is 4.47. The topological polar surface area (TPSA) is 126 Å². The van der Waals surface area contributed by atoms with Gasteiger partial charge in [0.15, 0.2) is 0 Å². The molecule has 0 spiro atoms. The quantitative estimate of drug-likeness (QED) is 0.263.